The van der Waals surface area contributed by atoms with E-state index < -0.39 is 23.3 Å². The SMILES string of the molecule is C/C=C(C)\C=C(/C(C)=Cc1cc(F)c(F)cc1CCC(C)C)n1c2c(c3ccccc31)C=CCC2.CC(C)C.CCC.CCOc1cc(F)c(F)cc1-c1cc(C)cc(-n2c3ccccc3c3ccccc32)c1O. The van der Waals surface area contributed by atoms with Crippen LogP contribution in [-0.4, -0.2) is 20.8 Å². The zero-order chi connectivity index (χ0) is 53.8. The van der Waals surface area contributed by atoms with Crippen molar-refractivity contribution in [1.82, 2.24) is 9.13 Å². The van der Waals surface area contributed by atoms with Gasteiger partial charge in [-0.15, -0.1) is 0 Å². The number of fused-ring (bicyclic) bond motifs is 6. The maximum atomic E-state index is 14.3. The molecule has 0 saturated carbocycles. The van der Waals surface area contributed by atoms with Gasteiger partial charge in [-0.25, -0.2) is 17.6 Å². The highest BCUT2D eigenvalue weighted by Gasteiger charge is 2.23. The molecule has 2 aromatic heterocycles. The number of halogens is 4. The van der Waals surface area contributed by atoms with E-state index in [1.54, 1.807) is 13.0 Å². The van der Waals surface area contributed by atoms with Crippen LogP contribution in [0.1, 0.15) is 123 Å². The van der Waals surface area contributed by atoms with Gasteiger partial charge in [0.2, 0.25) is 0 Å². The van der Waals surface area contributed by atoms with Crippen molar-refractivity contribution in [2.45, 2.75) is 115 Å². The van der Waals surface area contributed by atoms with Crippen molar-refractivity contribution in [3.63, 3.8) is 0 Å². The number of phenols is 1. The first-order valence-corrected chi connectivity index (χ1v) is 26.2. The van der Waals surface area contributed by atoms with Crippen LogP contribution in [0.15, 0.2) is 139 Å². The standard InChI is InChI=1S/C32H35F2N.C27H21F2NO2.C4H10.C3H8/c1-6-22(4)17-32(35-30-13-9-7-11-26(30)27-12-8-10-14-31(27)35)23(5)18-25-20-29(34)28(33)19-24(25)16-15-21(2)3;1-3-32-26-15-22(29)21(28)14-19(26)20-12-16(2)13-25(27(20)31)30-23-10-6-4-8-17(23)18-9-5-7-11-24(18)30;1-4(2)3;1-3-2/h6-9,11-13,17-21H,10,14-16H2,1-5H3;4-15,31H,3H2,1-2H3;4H,1-3H3;3H2,1-2H3/b22-6-,23-18?,32-17+;;;. The average Bonchev–Trinajstić information content (AvgIpc) is 3.88. The number of hydrogen-bond acceptors (Lipinski definition) is 2. The van der Waals surface area contributed by atoms with E-state index in [9.17, 15) is 22.7 Å². The van der Waals surface area contributed by atoms with Crippen LogP contribution in [0.25, 0.3) is 67.4 Å². The van der Waals surface area contributed by atoms with E-state index in [1.807, 2.05) is 79.1 Å². The molecule has 0 spiro atoms. The van der Waals surface area contributed by atoms with Gasteiger partial charge in [-0.1, -0.05) is 133 Å². The second kappa shape index (κ2) is 25.7. The number of allylic oxidation sites excluding steroid dienone is 6. The summed E-state index contributed by atoms with van der Waals surface area (Å²) in [5.74, 6) is -2.11. The van der Waals surface area contributed by atoms with Crippen LogP contribution in [0.2, 0.25) is 0 Å². The summed E-state index contributed by atoms with van der Waals surface area (Å²) in [4.78, 5) is 0. The van der Waals surface area contributed by atoms with Gasteiger partial charge in [-0.3, -0.25) is 0 Å². The molecule has 0 bridgehead atoms. The van der Waals surface area contributed by atoms with E-state index in [4.69, 9.17) is 4.74 Å². The largest absolute Gasteiger partial charge is 0.505 e. The van der Waals surface area contributed by atoms with Crippen molar-refractivity contribution in [1.29, 1.82) is 0 Å². The van der Waals surface area contributed by atoms with Crippen molar-refractivity contribution >= 4 is 50.6 Å². The minimum Gasteiger partial charge on any atom is -0.505 e. The molecule has 0 amide bonds. The van der Waals surface area contributed by atoms with Crippen LogP contribution in [0, 0.1) is 42.0 Å². The highest BCUT2D eigenvalue weighted by molar-refractivity contribution is 6.09. The van der Waals surface area contributed by atoms with Crippen LogP contribution >= 0.6 is 0 Å². The Morgan fingerprint density at radius 3 is 1.86 bits per heavy atom. The number of aryl methyl sites for hydroxylation is 2. The van der Waals surface area contributed by atoms with Gasteiger partial charge in [0.05, 0.1) is 28.8 Å². The number of aromatic nitrogens is 2. The van der Waals surface area contributed by atoms with Gasteiger partial charge in [-0.2, -0.15) is 0 Å². The fraction of sp³-hybridized carbons (Fsp3) is 0.303. The molecule has 1 N–H and O–H groups in total. The number of para-hydroxylation sites is 3. The molecular formula is C66H74F4N2O2. The molecule has 2 heterocycles. The van der Waals surface area contributed by atoms with Gasteiger partial charge in [0.15, 0.2) is 23.3 Å². The summed E-state index contributed by atoms with van der Waals surface area (Å²) in [6.45, 7) is 25.2. The Morgan fingerprint density at radius 1 is 0.716 bits per heavy atom. The lowest BCUT2D eigenvalue weighted by Crippen LogP contribution is -2.06. The van der Waals surface area contributed by atoms with E-state index >= 15 is 0 Å². The van der Waals surface area contributed by atoms with Crippen LogP contribution in [0.4, 0.5) is 17.6 Å². The van der Waals surface area contributed by atoms with Crippen molar-refractivity contribution in [2.75, 3.05) is 6.61 Å². The highest BCUT2D eigenvalue weighted by Crippen LogP contribution is 2.44. The first kappa shape index (κ1) is 56.2. The van der Waals surface area contributed by atoms with E-state index in [-0.39, 0.29) is 18.1 Å². The van der Waals surface area contributed by atoms with Gasteiger partial charge in [0.1, 0.15) is 11.5 Å². The minimum absolute atomic E-state index is 0.0333. The lowest BCUT2D eigenvalue weighted by Gasteiger charge is -2.19. The maximum absolute atomic E-state index is 14.3. The van der Waals surface area contributed by atoms with Crippen LogP contribution in [0.5, 0.6) is 11.5 Å². The Kier molecular flexibility index (Phi) is 19.6. The lowest BCUT2D eigenvalue weighted by atomic mass is 9.96. The zero-order valence-corrected chi connectivity index (χ0v) is 45.4. The number of hydrogen-bond donors (Lipinski definition) is 1. The number of ether oxygens (including phenoxy) is 1. The monoisotopic (exact) mass is 1000 g/mol. The molecule has 0 fully saturated rings. The Labute approximate surface area is 437 Å². The topological polar surface area (TPSA) is 39.3 Å². The van der Waals surface area contributed by atoms with Gasteiger partial charge in [0.25, 0.3) is 0 Å². The zero-order valence-electron chi connectivity index (χ0n) is 45.4. The van der Waals surface area contributed by atoms with Crippen LogP contribution in [-0.2, 0) is 12.8 Å². The van der Waals surface area contributed by atoms with E-state index in [1.165, 1.54) is 35.2 Å². The molecule has 0 aliphatic heterocycles. The van der Waals surface area contributed by atoms with Gasteiger partial charge >= 0.3 is 0 Å². The fourth-order valence-corrected chi connectivity index (χ4v) is 9.14. The third kappa shape index (κ3) is 13.0. The van der Waals surface area contributed by atoms with Crippen molar-refractivity contribution in [3.05, 3.63) is 190 Å². The van der Waals surface area contributed by atoms with Gasteiger partial charge < -0.3 is 19.0 Å². The molecule has 0 unspecified atom stereocenters. The quantitative estimate of drug-likeness (QED) is 0.104. The molecular weight excluding hydrogens is 929 g/mol. The predicted octanol–water partition coefficient (Wildman–Crippen LogP) is 19.6. The summed E-state index contributed by atoms with van der Waals surface area (Å²) in [5.41, 5.74) is 12.5. The molecule has 74 heavy (non-hydrogen) atoms. The molecule has 0 saturated heterocycles. The number of nitrogens with zero attached hydrogens (tertiary/aromatic N) is 2. The molecule has 1 aliphatic carbocycles. The first-order chi connectivity index (χ1) is 35.4. The Morgan fingerprint density at radius 2 is 1.27 bits per heavy atom. The van der Waals surface area contributed by atoms with E-state index in [0.29, 0.717) is 29.2 Å². The summed E-state index contributed by atoms with van der Waals surface area (Å²) < 4.78 is 66.5. The summed E-state index contributed by atoms with van der Waals surface area (Å²) in [5, 5.41) is 14.8. The van der Waals surface area contributed by atoms with E-state index in [2.05, 4.69) is 115 Å². The Balaban J connectivity index is 0.000000215. The number of rotatable bonds is 11. The fourth-order valence-electron chi connectivity index (χ4n) is 9.14. The summed E-state index contributed by atoms with van der Waals surface area (Å²) in [6, 6.07) is 32.9. The third-order valence-electron chi connectivity index (χ3n) is 12.5. The molecule has 8 aromatic rings. The van der Waals surface area contributed by atoms with Gasteiger partial charge in [-0.05, 0) is 155 Å². The molecule has 4 nitrogen and oxygen atoms in total. The molecule has 1 aliphatic rings. The highest BCUT2D eigenvalue weighted by atomic mass is 19.2. The molecule has 9 rings (SSSR count). The van der Waals surface area contributed by atoms with Crippen molar-refractivity contribution in [2.24, 2.45) is 11.8 Å². The lowest BCUT2D eigenvalue weighted by molar-refractivity contribution is 0.337. The second-order valence-electron chi connectivity index (χ2n) is 20.1. The average molecular weight is 1000 g/mol. The van der Waals surface area contributed by atoms with Gasteiger partial charge in [0, 0.05) is 50.3 Å². The number of phenolic OH excluding ortho intramolecular Hbond substituents is 1. The first-order valence-electron chi connectivity index (χ1n) is 26.2. The molecule has 0 radical (unpaired) electrons. The van der Waals surface area contributed by atoms with Crippen LogP contribution < -0.4 is 4.74 Å². The van der Waals surface area contributed by atoms with Crippen LogP contribution in [0.3, 0.4) is 0 Å². The minimum atomic E-state index is -0.997. The van der Waals surface area contributed by atoms with Crippen molar-refractivity contribution < 1.29 is 27.4 Å². The molecule has 8 heteroatoms. The van der Waals surface area contributed by atoms with E-state index in [0.717, 1.165) is 98.2 Å². The van der Waals surface area contributed by atoms with Crippen molar-refractivity contribution in [3.8, 4) is 28.3 Å². The summed E-state index contributed by atoms with van der Waals surface area (Å²) in [7, 11) is 0. The summed E-state index contributed by atoms with van der Waals surface area (Å²) >= 11 is 0. The molecule has 6 aromatic carbocycles. The number of aromatic hydroxyl groups is 1. The normalized spacial score (nSPS) is 12.6. The predicted molar refractivity (Wildman–Crippen MR) is 306 cm³/mol. The smallest absolute Gasteiger partial charge is 0.162 e. The molecule has 388 valence electrons. The summed E-state index contributed by atoms with van der Waals surface area (Å²) in [6.07, 6.45) is 15.6. The Bertz CT molecular complexity index is 3310. The Hall–Kier alpha value is -7.06. The maximum Gasteiger partial charge on any atom is 0.162 e. The second-order valence-corrected chi connectivity index (χ2v) is 20.1. The molecule has 0 atom stereocenters. The third-order valence-corrected chi connectivity index (χ3v) is 12.5. The number of benzene rings is 6.